The van der Waals surface area contributed by atoms with Crippen molar-refractivity contribution in [2.45, 2.75) is 0 Å². The van der Waals surface area contributed by atoms with Crippen molar-refractivity contribution in [2.24, 2.45) is 0 Å². The van der Waals surface area contributed by atoms with E-state index in [0.29, 0.717) is 11.4 Å². The molecule has 0 bridgehead atoms. The molecule has 0 atom stereocenters. The van der Waals surface area contributed by atoms with Crippen molar-refractivity contribution in [1.82, 2.24) is 4.68 Å². The minimum absolute atomic E-state index is 0.614. The lowest BCUT2D eigenvalue weighted by Crippen LogP contribution is -2.06. The van der Waals surface area contributed by atoms with Gasteiger partial charge in [0.05, 0.1) is 16.9 Å². The third kappa shape index (κ3) is 1.07. The van der Waals surface area contributed by atoms with E-state index in [4.69, 9.17) is 11.5 Å². The summed E-state index contributed by atoms with van der Waals surface area (Å²) in [6.45, 7) is 0. The molecule has 0 saturated heterocycles. The van der Waals surface area contributed by atoms with E-state index in [1.807, 2.05) is 36.1 Å². The first-order valence-electron chi connectivity index (χ1n) is 4.06. The summed E-state index contributed by atoms with van der Waals surface area (Å²) in [7, 11) is 1.85. The summed E-state index contributed by atoms with van der Waals surface area (Å²) in [4.78, 5) is 0. The molecule has 13 heavy (non-hydrogen) atoms. The zero-order valence-electron chi connectivity index (χ0n) is 7.41. The van der Waals surface area contributed by atoms with Gasteiger partial charge in [0.1, 0.15) is 0 Å². The number of fused-ring (bicyclic) bond motifs is 1. The highest BCUT2D eigenvalue weighted by atomic mass is 15.4. The molecular weight excluding hydrogens is 164 g/mol. The number of nitrogens with two attached hydrogens (primary N) is 2. The fourth-order valence-corrected chi connectivity index (χ4v) is 1.41. The maximum absolute atomic E-state index is 5.70. The molecule has 0 aliphatic carbocycles. The minimum atomic E-state index is 0.614. The highest BCUT2D eigenvalue weighted by molar-refractivity contribution is 5.89. The van der Waals surface area contributed by atoms with Gasteiger partial charge in [0.25, 0.3) is 0 Å². The highest BCUT2D eigenvalue weighted by Gasteiger charge is 2.02. The quantitative estimate of drug-likeness (QED) is 0.567. The molecule has 0 aliphatic heterocycles. The van der Waals surface area contributed by atoms with Crippen LogP contribution in [0.2, 0.25) is 0 Å². The number of aromatic nitrogens is 1. The molecule has 5 N–H and O–H groups in total. The van der Waals surface area contributed by atoms with Crippen LogP contribution in [0.25, 0.3) is 10.9 Å². The van der Waals surface area contributed by atoms with Gasteiger partial charge in [-0.05, 0) is 18.2 Å². The van der Waals surface area contributed by atoms with Crippen molar-refractivity contribution < 1.29 is 0 Å². The van der Waals surface area contributed by atoms with E-state index in [9.17, 15) is 0 Å². The van der Waals surface area contributed by atoms with E-state index < -0.39 is 0 Å². The van der Waals surface area contributed by atoms with Gasteiger partial charge in [-0.1, -0.05) is 0 Å². The minimum Gasteiger partial charge on any atom is -0.397 e. The second-order valence-corrected chi connectivity index (χ2v) is 2.95. The van der Waals surface area contributed by atoms with Gasteiger partial charge in [-0.25, -0.2) is 0 Å². The van der Waals surface area contributed by atoms with Crippen LogP contribution >= 0.6 is 0 Å². The molecule has 1 aromatic carbocycles. The summed E-state index contributed by atoms with van der Waals surface area (Å²) in [6, 6.07) is 5.72. The number of benzene rings is 1. The van der Waals surface area contributed by atoms with Gasteiger partial charge in [0, 0.05) is 18.6 Å². The second-order valence-electron chi connectivity index (χ2n) is 2.95. The highest BCUT2D eigenvalue weighted by Crippen LogP contribution is 2.23. The molecule has 2 rings (SSSR count). The van der Waals surface area contributed by atoms with Crippen molar-refractivity contribution in [1.29, 1.82) is 0 Å². The largest absolute Gasteiger partial charge is 0.397 e. The molecule has 0 fully saturated rings. The molecule has 4 heteroatoms. The molecule has 4 nitrogen and oxygen atoms in total. The first-order chi connectivity index (χ1) is 6.22. The molecule has 0 spiro atoms. The first-order valence-corrected chi connectivity index (χ1v) is 4.06. The third-order valence-corrected chi connectivity index (χ3v) is 2.14. The van der Waals surface area contributed by atoms with Gasteiger partial charge in [-0.3, -0.25) is 4.68 Å². The summed E-state index contributed by atoms with van der Waals surface area (Å²) >= 11 is 0. The Bertz CT molecular complexity index is 444. The van der Waals surface area contributed by atoms with Crippen LogP contribution in [0.3, 0.4) is 0 Å². The normalized spacial score (nSPS) is 10.5. The fourth-order valence-electron chi connectivity index (χ4n) is 1.41. The number of rotatable bonds is 1. The first kappa shape index (κ1) is 7.79. The topological polar surface area (TPSA) is 69.0 Å². The molecule has 68 valence electrons. The number of hydrogen-bond donors (Lipinski definition) is 3. The summed E-state index contributed by atoms with van der Waals surface area (Å²) in [6.07, 6.45) is 1.93. The molecular formula is C9H12N4. The molecule has 0 radical (unpaired) electrons. The lowest BCUT2D eigenvalue weighted by Gasteiger charge is -2.05. The average Bonchev–Trinajstić information content (AvgIpc) is 2.48. The van der Waals surface area contributed by atoms with E-state index in [0.717, 1.165) is 10.9 Å². The summed E-state index contributed by atoms with van der Waals surface area (Å²) in [5, 5.41) is 1.08. The van der Waals surface area contributed by atoms with Crippen molar-refractivity contribution in [3.63, 3.8) is 0 Å². The lowest BCUT2D eigenvalue weighted by molar-refractivity contribution is 0.977. The Morgan fingerprint density at radius 2 is 1.92 bits per heavy atom. The Balaban J connectivity index is 2.77. The summed E-state index contributed by atoms with van der Waals surface area (Å²) < 4.78 is 1.89. The second kappa shape index (κ2) is 2.58. The smallest absolute Gasteiger partial charge is 0.0714 e. The van der Waals surface area contributed by atoms with E-state index in [-0.39, 0.29) is 0 Å². The van der Waals surface area contributed by atoms with Gasteiger partial charge in [-0.15, -0.1) is 0 Å². The average molecular weight is 176 g/mol. The molecule has 0 saturated carbocycles. The number of nitrogen functional groups attached to an aromatic ring is 2. The van der Waals surface area contributed by atoms with Crippen LogP contribution < -0.4 is 16.9 Å². The number of hydrogen-bond acceptors (Lipinski definition) is 3. The Hall–Kier alpha value is -1.84. The van der Waals surface area contributed by atoms with Gasteiger partial charge >= 0.3 is 0 Å². The van der Waals surface area contributed by atoms with E-state index >= 15 is 0 Å². The Morgan fingerprint density at radius 3 is 2.62 bits per heavy atom. The van der Waals surface area contributed by atoms with Crippen molar-refractivity contribution in [3.8, 4) is 0 Å². The van der Waals surface area contributed by atoms with Gasteiger partial charge < -0.3 is 16.9 Å². The van der Waals surface area contributed by atoms with Crippen LogP contribution in [0.15, 0.2) is 24.4 Å². The summed E-state index contributed by atoms with van der Waals surface area (Å²) in [5.74, 6) is 0. The summed E-state index contributed by atoms with van der Waals surface area (Å²) in [5.41, 5.74) is 16.7. The lowest BCUT2D eigenvalue weighted by atomic mass is 10.2. The molecule has 0 aliphatic rings. The predicted octanol–water partition coefficient (Wildman–Crippen LogP) is 0.979. The Morgan fingerprint density at radius 1 is 1.23 bits per heavy atom. The molecule has 2 aromatic rings. The van der Waals surface area contributed by atoms with Crippen LogP contribution in [-0.2, 0) is 0 Å². The van der Waals surface area contributed by atoms with Crippen molar-refractivity contribution >= 4 is 22.3 Å². The Labute approximate surface area is 76.1 Å². The predicted molar refractivity (Wildman–Crippen MR) is 56.0 cm³/mol. The van der Waals surface area contributed by atoms with Gasteiger partial charge in [-0.2, -0.15) is 0 Å². The van der Waals surface area contributed by atoms with E-state index in [2.05, 4.69) is 5.43 Å². The van der Waals surface area contributed by atoms with Crippen molar-refractivity contribution in [2.75, 3.05) is 23.9 Å². The van der Waals surface area contributed by atoms with Crippen LogP contribution in [-0.4, -0.2) is 11.7 Å². The van der Waals surface area contributed by atoms with Crippen LogP contribution in [0.1, 0.15) is 0 Å². The van der Waals surface area contributed by atoms with Crippen molar-refractivity contribution in [3.05, 3.63) is 24.4 Å². The van der Waals surface area contributed by atoms with Crippen LogP contribution in [0, 0.1) is 0 Å². The number of nitrogens with one attached hydrogen (secondary N) is 1. The molecule has 0 amide bonds. The number of anilines is 2. The maximum atomic E-state index is 5.70. The van der Waals surface area contributed by atoms with Gasteiger partial charge in [0.15, 0.2) is 0 Å². The standard InChI is InChI=1S/C9H12N4/c1-12-13-3-2-6-4-7(10)8(11)5-9(6)13/h2-5,12H,10-11H2,1H3. The molecule has 1 heterocycles. The van der Waals surface area contributed by atoms with E-state index in [1.165, 1.54) is 0 Å². The SMILES string of the molecule is CNn1ccc2cc(N)c(N)cc21. The monoisotopic (exact) mass is 176 g/mol. The van der Waals surface area contributed by atoms with Crippen LogP contribution in [0.4, 0.5) is 11.4 Å². The number of nitrogens with zero attached hydrogens (tertiary/aromatic N) is 1. The third-order valence-electron chi connectivity index (χ3n) is 2.14. The molecule has 0 unspecified atom stereocenters. The maximum Gasteiger partial charge on any atom is 0.0714 e. The van der Waals surface area contributed by atoms with Gasteiger partial charge in [0.2, 0.25) is 0 Å². The fraction of sp³-hybridized carbons (Fsp3) is 0.111. The van der Waals surface area contributed by atoms with Crippen LogP contribution in [0.5, 0.6) is 0 Å². The van der Waals surface area contributed by atoms with E-state index in [1.54, 1.807) is 0 Å². The molecule has 1 aromatic heterocycles. The zero-order chi connectivity index (χ0) is 9.42. The zero-order valence-corrected chi connectivity index (χ0v) is 7.41. The Kier molecular flexibility index (Phi) is 1.55.